The summed E-state index contributed by atoms with van der Waals surface area (Å²) in [4.78, 5) is 18.9. The van der Waals surface area contributed by atoms with Gasteiger partial charge < -0.3 is 4.52 Å². The molecule has 0 N–H and O–H groups in total. The average Bonchev–Trinajstić information content (AvgIpc) is 2.65. The summed E-state index contributed by atoms with van der Waals surface area (Å²) in [6.07, 6.45) is 1.53. The molecule has 0 radical (unpaired) electrons. The van der Waals surface area contributed by atoms with Crippen molar-refractivity contribution in [2.75, 3.05) is 0 Å². The van der Waals surface area contributed by atoms with Gasteiger partial charge in [-0.1, -0.05) is 28.4 Å². The van der Waals surface area contributed by atoms with E-state index in [0.29, 0.717) is 15.7 Å². The van der Waals surface area contributed by atoms with Gasteiger partial charge in [-0.25, -0.2) is 4.98 Å². The van der Waals surface area contributed by atoms with E-state index >= 15 is 0 Å². The van der Waals surface area contributed by atoms with Crippen LogP contribution >= 0.6 is 23.2 Å². The van der Waals surface area contributed by atoms with E-state index in [-0.39, 0.29) is 23.9 Å². The Morgan fingerprint density at radius 2 is 2.24 bits per heavy atom. The molecular formula is C10H7Cl2N3O2. The van der Waals surface area contributed by atoms with Crippen LogP contribution in [0.2, 0.25) is 10.0 Å². The Morgan fingerprint density at radius 1 is 1.47 bits per heavy atom. The Hall–Kier alpha value is -1.46. The quantitative estimate of drug-likeness (QED) is 0.858. The molecule has 0 unspecified atom stereocenters. The van der Waals surface area contributed by atoms with Crippen LogP contribution in [0.5, 0.6) is 0 Å². The molecule has 0 amide bonds. The zero-order chi connectivity index (χ0) is 12.4. The lowest BCUT2D eigenvalue weighted by Crippen LogP contribution is -1.96. The van der Waals surface area contributed by atoms with Gasteiger partial charge in [0.15, 0.2) is 0 Å². The molecule has 2 rings (SSSR count). The highest BCUT2D eigenvalue weighted by Gasteiger charge is 2.14. The van der Waals surface area contributed by atoms with Crippen molar-refractivity contribution in [2.24, 2.45) is 0 Å². The van der Waals surface area contributed by atoms with Crippen LogP contribution in [0.1, 0.15) is 12.8 Å². The van der Waals surface area contributed by atoms with E-state index < -0.39 is 0 Å². The zero-order valence-electron chi connectivity index (χ0n) is 8.78. The molecule has 17 heavy (non-hydrogen) atoms. The van der Waals surface area contributed by atoms with Crippen LogP contribution in [0.4, 0.5) is 0 Å². The molecule has 0 saturated heterocycles. The fourth-order valence-corrected chi connectivity index (χ4v) is 1.68. The minimum atomic E-state index is -0.0598. The van der Waals surface area contributed by atoms with Crippen LogP contribution < -0.4 is 0 Å². The minimum Gasteiger partial charge on any atom is -0.338 e. The maximum absolute atomic E-state index is 10.9. The van der Waals surface area contributed by atoms with Gasteiger partial charge in [0, 0.05) is 6.20 Å². The molecule has 2 aromatic rings. The van der Waals surface area contributed by atoms with Crippen LogP contribution in [0, 0.1) is 0 Å². The van der Waals surface area contributed by atoms with Gasteiger partial charge in [0.05, 0.1) is 16.5 Å². The maximum atomic E-state index is 10.9. The predicted octanol–water partition coefficient (Wildman–Crippen LogP) is 2.57. The number of Topliss-reactive ketones (excluding diaryl/α,β-unsaturated/α-hetero) is 1. The molecule has 0 saturated carbocycles. The normalized spacial score (nSPS) is 10.5. The number of aromatic nitrogens is 3. The first-order chi connectivity index (χ1) is 8.06. The van der Waals surface area contributed by atoms with E-state index in [1.807, 2.05) is 0 Å². The van der Waals surface area contributed by atoms with Gasteiger partial charge in [0.2, 0.25) is 11.7 Å². The summed E-state index contributed by atoms with van der Waals surface area (Å²) in [6, 6.07) is 1.53. The van der Waals surface area contributed by atoms with Gasteiger partial charge in [-0.05, 0) is 13.0 Å². The molecule has 2 heterocycles. The zero-order valence-corrected chi connectivity index (χ0v) is 10.3. The number of carbonyl (C=O) groups excluding carboxylic acids is 1. The summed E-state index contributed by atoms with van der Waals surface area (Å²) < 4.78 is 4.90. The van der Waals surface area contributed by atoms with E-state index in [0.717, 1.165) is 0 Å². The summed E-state index contributed by atoms with van der Waals surface area (Å²) in [5, 5.41) is 4.45. The molecule has 7 heteroatoms. The SMILES string of the molecule is CC(=O)Cc1nc(-c2ncc(Cl)cc2Cl)no1. The van der Waals surface area contributed by atoms with E-state index in [4.69, 9.17) is 27.7 Å². The molecule has 0 spiro atoms. The van der Waals surface area contributed by atoms with Crippen LogP contribution in [-0.4, -0.2) is 20.9 Å². The maximum Gasteiger partial charge on any atom is 0.234 e. The van der Waals surface area contributed by atoms with Crippen molar-refractivity contribution in [1.29, 1.82) is 0 Å². The molecule has 0 aliphatic carbocycles. The van der Waals surface area contributed by atoms with Crippen molar-refractivity contribution in [1.82, 2.24) is 15.1 Å². The largest absolute Gasteiger partial charge is 0.338 e. The summed E-state index contributed by atoms with van der Waals surface area (Å²) in [6.45, 7) is 1.44. The Morgan fingerprint density at radius 3 is 2.88 bits per heavy atom. The molecule has 88 valence electrons. The van der Waals surface area contributed by atoms with Gasteiger partial charge in [-0.3, -0.25) is 4.79 Å². The Labute approximate surface area is 107 Å². The topological polar surface area (TPSA) is 68.9 Å². The third-order valence-corrected chi connectivity index (χ3v) is 2.38. The van der Waals surface area contributed by atoms with Crippen molar-refractivity contribution >= 4 is 29.0 Å². The first kappa shape index (κ1) is 12.0. The van der Waals surface area contributed by atoms with Crippen LogP contribution in [0.15, 0.2) is 16.8 Å². The first-order valence-corrected chi connectivity index (χ1v) is 5.45. The molecule has 0 fully saturated rings. The van der Waals surface area contributed by atoms with Gasteiger partial charge in [-0.2, -0.15) is 4.98 Å². The number of pyridine rings is 1. The highest BCUT2D eigenvalue weighted by atomic mass is 35.5. The van der Waals surface area contributed by atoms with E-state index in [1.165, 1.54) is 19.2 Å². The molecule has 2 aromatic heterocycles. The molecular weight excluding hydrogens is 265 g/mol. The van der Waals surface area contributed by atoms with E-state index in [9.17, 15) is 4.79 Å². The number of ketones is 1. The first-order valence-electron chi connectivity index (χ1n) is 4.69. The number of nitrogens with zero attached hydrogens (tertiary/aromatic N) is 3. The van der Waals surface area contributed by atoms with Crippen molar-refractivity contribution in [2.45, 2.75) is 13.3 Å². The summed E-state index contributed by atoms with van der Waals surface area (Å²) in [5.74, 6) is 0.415. The lowest BCUT2D eigenvalue weighted by atomic mass is 10.3. The molecule has 0 aromatic carbocycles. The summed E-state index contributed by atoms with van der Waals surface area (Å²) in [5.41, 5.74) is 0.370. The Bertz CT molecular complexity index is 568. The second-order valence-electron chi connectivity index (χ2n) is 3.37. The predicted molar refractivity (Wildman–Crippen MR) is 61.9 cm³/mol. The second-order valence-corrected chi connectivity index (χ2v) is 4.22. The third-order valence-electron chi connectivity index (χ3n) is 1.89. The van der Waals surface area contributed by atoms with Gasteiger partial charge in [0.25, 0.3) is 0 Å². The smallest absolute Gasteiger partial charge is 0.234 e. The monoisotopic (exact) mass is 271 g/mol. The minimum absolute atomic E-state index is 0.0598. The average molecular weight is 272 g/mol. The summed E-state index contributed by atoms with van der Waals surface area (Å²) in [7, 11) is 0. The van der Waals surface area contributed by atoms with Gasteiger partial charge in [-0.15, -0.1) is 0 Å². The Kier molecular flexibility index (Phi) is 3.40. The molecule has 0 atom stereocenters. The summed E-state index contributed by atoms with van der Waals surface area (Å²) >= 11 is 11.7. The molecule has 0 aliphatic rings. The van der Waals surface area contributed by atoms with E-state index in [1.54, 1.807) is 0 Å². The lowest BCUT2D eigenvalue weighted by molar-refractivity contribution is -0.116. The fourth-order valence-electron chi connectivity index (χ4n) is 1.21. The molecule has 5 nitrogen and oxygen atoms in total. The second kappa shape index (κ2) is 4.81. The number of carbonyl (C=O) groups is 1. The third kappa shape index (κ3) is 2.81. The van der Waals surface area contributed by atoms with Crippen molar-refractivity contribution in [3.63, 3.8) is 0 Å². The van der Waals surface area contributed by atoms with Crippen molar-refractivity contribution in [3.05, 3.63) is 28.2 Å². The number of halogens is 2. The van der Waals surface area contributed by atoms with Crippen molar-refractivity contribution in [3.8, 4) is 11.5 Å². The standard InChI is InChI=1S/C10H7Cl2N3O2/c1-5(16)2-8-14-10(15-17-8)9-7(12)3-6(11)4-13-9/h3-4H,2H2,1H3. The van der Waals surface area contributed by atoms with E-state index in [2.05, 4.69) is 15.1 Å². The number of hydrogen-bond donors (Lipinski definition) is 0. The Balaban J connectivity index is 2.33. The highest BCUT2D eigenvalue weighted by molar-refractivity contribution is 6.35. The molecule has 0 aliphatic heterocycles. The highest BCUT2D eigenvalue weighted by Crippen LogP contribution is 2.25. The van der Waals surface area contributed by atoms with Gasteiger partial charge >= 0.3 is 0 Å². The lowest BCUT2D eigenvalue weighted by Gasteiger charge is -1.97. The fraction of sp³-hybridized carbons (Fsp3) is 0.200. The van der Waals surface area contributed by atoms with Crippen LogP contribution in [0.25, 0.3) is 11.5 Å². The molecule has 0 bridgehead atoms. The van der Waals surface area contributed by atoms with Gasteiger partial charge in [0.1, 0.15) is 11.5 Å². The number of hydrogen-bond acceptors (Lipinski definition) is 5. The van der Waals surface area contributed by atoms with Crippen LogP contribution in [-0.2, 0) is 11.2 Å². The van der Waals surface area contributed by atoms with Crippen molar-refractivity contribution < 1.29 is 9.32 Å². The number of rotatable bonds is 3. The van der Waals surface area contributed by atoms with Crippen LogP contribution in [0.3, 0.4) is 0 Å².